The number of rotatable bonds is 9. The standard InChI is InChI=1S/C16H26FO4P/c1-11(2)20-16(19)8-6-4-3-5-7-12-13(10-18)14(17)9-15(12)21-22/h3,5,10-15H,4,6-9,22H2,1-2H3/b5-3-/t12-,13-,14?,15?/m1/s1. The van der Waals surface area contributed by atoms with Gasteiger partial charge in [0.25, 0.3) is 0 Å². The Morgan fingerprint density at radius 3 is 2.73 bits per heavy atom. The van der Waals surface area contributed by atoms with Crippen LogP contribution in [-0.4, -0.2) is 30.6 Å². The third-order valence-corrected chi connectivity index (χ3v) is 4.22. The third-order valence-electron chi connectivity index (χ3n) is 3.87. The van der Waals surface area contributed by atoms with Gasteiger partial charge in [-0.25, -0.2) is 4.39 Å². The van der Waals surface area contributed by atoms with Crippen LogP contribution in [0.5, 0.6) is 0 Å². The summed E-state index contributed by atoms with van der Waals surface area (Å²) in [7, 11) is 2.16. The Labute approximate surface area is 134 Å². The van der Waals surface area contributed by atoms with Gasteiger partial charge in [-0.1, -0.05) is 12.2 Å². The van der Waals surface area contributed by atoms with E-state index in [1.807, 2.05) is 26.0 Å². The van der Waals surface area contributed by atoms with Gasteiger partial charge in [0.15, 0.2) is 0 Å². The Kier molecular flexibility index (Phi) is 8.81. The van der Waals surface area contributed by atoms with E-state index in [-0.39, 0.29) is 30.5 Å². The largest absolute Gasteiger partial charge is 0.463 e. The van der Waals surface area contributed by atoms with Crippen LogP contribution in [0.4, 0.5) is 4.39 Å². The predicted octanol–water partition coefficient (Wildman–Crippen LogP) is 3.40. The Balaban J connectivity index is 2.29. The average Bonchev–Trinajstić information content (AvgIpc) is 2.77. The average molecular weight is 332 g/mol. The van der Waals surface area contributed by atoms with Gasteiger partial charge in [0.05, 0.1) is 18.1 Å². The molecule has 0 aromatic carbocycles. The van der Waals surface area contributed by atoms with Crippen molar-refractivity contribution in [2.75, 3.05) is 0 Å². The van der Waals surface area contributed by atoms with Gasteiger partial charge >= 0.3 is 5.97 Å². The number of esters is 1. The maximum Gasteiger partial charge on any atom is 0.306 e. The summed E-state index contributed by atoms with van der Waals surface area (Å²) in [6.07, 6.45) is 5.94. The summed E-state index contributed by atoms with van der Waals surface area (Å²) in [6, 6.07) is 0. The van der Waals surface area contributed by atoms with Gasteiger partial charge < -0.3 is 14.1 Å². The first-order chi connectivity index (χ1) is 10.5. The zero-order valence-corrected chi connectivity index (χ0v) is 14.4. The Morgan fingerprint density at radius 2 is 2.14 bits per heavy atom. The van der Waals surface area contributed by atoms with Gasteiger partial charge in [0, 0.05) is 28.2 Å². The number of aldehydes is 1. The summed E-state index contributed by atoms with van der Waals surface area (Å²) in [4.78, 5) is 22.4. The van der Waals surface area contributed by atoms with Crippen molar-refractivity contribution in [1.82, 2.24) is 0 Å². The molecule has 4 nitrogen and oxygen atoms in total. The van der Waals surface area contributed by atoms with Crippen LogP contribution in [0.1, 0.15) is 46.0 Å². The number of unbranched alkanes of at least 4 members (excludes halogenated alkanes) is 1. The molecule has 1 rings (SSSR count). The Morgan fingerprint density at radius 1 is 1.41 bits per heavy atom. The van der Waals surface area contributed by atoms with Crippen LogP contribution in [0.25, 0.3) is 0 Å². The minimum atomic E-state index is -1.12. The molecule has 1 aliphatic rings. The molecule has 0 radical (unpaired) electrons. The molecule has 22 heavy (non-hydrogen) atoms. The molecule has 6 heteroatoms. The molecule has 0 saturated heterocycles. The highest BCUT2D eigenvalue weighted by Gasteiger charge is 2.43. The number of allylic oxidation sites excluding steroid dienone is 2. The molecule has 0 aromatic rings. The molecular formula is C16H26FO4P. The zero-order valence-electron chi connectivity index (χ0n) is 13.2. The summed E-state index contributed by atoms with van der Waals surface area (Å²) in [6.45, 7) is 3.65. The second-order valence-electron chi connectivity index (χ2n) is 5.94. The highest BCUT2D eigenvalue weighted by molar-refractivity contribution is 7.09. The number of hydrogen-bond donors (Lipinski definition) is 0. The lowest BCUT2D eigenvalue weighted by Crippen LogP contribution is -2.21. The topological polar surface area (TPSA) is 52.6 Å². The lowest BCUT2D eigenvalue weighted by molar-refractivity contribution is -0.147. The maximum absolute atomic E-state index is 13.7. The van der Waals surface area contributed by atoms with E-state index in [2.05, 4.69) is 9.47 Å². The molecule has 5 atom stereocenters. The monoisotopic (exact) mass is 332 g/mol. The van der Waals surface area contributed by atoms with Crippen molar-refractivity contribution in [3.8, 4) is 0 Å². The maximum atomic E-state index is 13.7. The van der Waals surface area contributed by atoms with Crippen LogP contribution in [-0.2, 0) is 18.8 Å². The van der Waals surface area contributed by atoms with E-state index in [9.17, 15) is 14.0 Å². The summed E-state index contributed by atoms with van der Waals surface area (Å²) < 4.78 is 23.9. The third kappa shape index (κ3) is 6.13. The smallest absolute Gasteiger partial charge is 0.306 e. The molecule has 1 fully saturated rings. The first-order valence-electron chi connectivity index (χ1n) is 7.79. The number of ether oxygens (including phenoxy) is 1. The van der Waals surface area contributed by atoms with Gasteiger partial charge in [-0.15, -0.1) is 0 Å². The molecule has 0 aromatic heterocycles. The van der Waals surface area contributed by atoms with E-state index < -0.39 is 12.1 Å². The van der Waals surface area contributed by atoms with Crippen molar-refractivity contribution in [3.63, 3.8) is 0 Å². The first kappa shape index (κ1) is 19.2. The molecule has 0 N–H and O–H groups in total. The molecule has 0 heterocycles. The van der Waals surface area contributed by atoms with Gasteiger partial charge in [-0.05, 0) is 33.1 Å². The van der Waals surface area contributed by atoms with E-state index in [4.69, 9.17) is 9.26 Å². The fourth-order valence-electron chi connectivity index (χ4n) is 2.78. The minimum absolute atomic E-state index is 0.0804. The van der Waals surface area contributed by atoms with Crippen molar-refractivity contribution >= 4 is 21.7 Å². The molecule has 0 aliphatic heterocycles. The normalized spacial score (nSPS) is 28.4. The first-order valence-corrected chi connectivity index (χ1v) is 8.26. The van der Waals surface area contributed by atoms with E-state index in [0.717, 1.165) is 12.8 Å². The molecule has 1 aliphatic carbocycles. The number of hydrogen-bond acceptors (Lipinski definition) is 4. The summed E-state index contributed by atoms with van der Waals surface area (Å²) in [5.74, 6) is -0.889. The highest BCUT2D eigenvalue weighted by Crippen LogP contribution is 2.38. The van der Waals surface area contributed by atoms with Crippen LogP contribution in [0.15, 0.2) is 12.2 Å². The molecule has 1 saturated carbocycles. The van der Waals surface area contributed by atoms with Gasteiger partial charge in [0.1, 0.15) is 12.5 Å². The number of halogens is 1. The molecule has 126 valence electrons. The second-order valence-corrected chi connectivity index (χ2v) is 6.21. The SMILES string of the molecule is CC(C)OC(=O)CCC/C=C\C[C@H]1C(OP)CC(F)[C@@H]1C=O. The van der Waals surface area contributed by atoms with Crippen molar-refractivity contribution < 1.29 is 23.2 Å². The summed E-state index contributed by atoms with van der Waals surface area (Å²) in [5.41, 5.74) is 0. The zero-order chi connectivity index (χ0) is 16.5. The van der Waals surface area contributed by atoms with Gasteiger partial charge in [-0.3, -0.25) is 4.79 Å². The van der Waals surface area contributed by atoms with Crippen molar-refractivity contribution in [1.29, 1.82) is 0 Å². The van der Waals surface area contributed by atoms with Crippen LogP contribution >= 0.6 is 9.47 Å². The molecule has 0 spiro atoms. The molecule has 3 unspecified atom stereocenters. The van der Waals surface area contributed by atoms with Crippen molar-refractivity contribution in [2.45, 2.75) is 64.3 Å². The van der Waals surface area contributed by atoms with E-state index >= 15 is 0 Å². The van der Waals surface area contributed by atoms with E-state index in [1.54, 1.807) is 0 Å². The van der Waals surface area contributed by atoms with Crippen LogP contribution in [0.2, 0.25) is 0 Å². The highest BCUT2D eigenvalue weighted by atomic mass is 31.0. The number of alkyl halides is 1. The summed E-state index contributed by atoms with van der Waals surface area (Å²) >= 11 is 0. The minimum Gasteiger partial charge on any atom is -0.463 e. The second kappa shape index (κ2) is 10.1. The predicted molar refractivity (Wildman–Crippen MR) is 86.0 cm³/mol. The van der Waals surface area contributed by atoms with Crippen molar-refractivity contribution in [3.05, 3.63) is 12.2 Å². The van der Waals surface area contributed by atoms with E-state index in [0.29, 0.717) is 19.1 Å². The fraction of sp³-hybridized carbons (Fsp3) is 0.750. The van der Waals surface area contributed by atoms with Crippen molar-refractivity contribution in [2.24, 2.45) is 11.8 Å². The van der Waals surface area contributed by atoms with Crippen LogP contribution in [0.3, 0.4) is 0 Å². The van der Waals surface area contributed by atoms with E-state index in [1.165, 1.54) is 0 Å². The van der Waals surface area contributed by atoms with Crippen LogP contribution < -0.4 is 0 Å². The molecule has 0 amide bonds. The number of carbonyl (C=O) groups is 2. The lowest BCUT2D eigenvalue weighted by Gasteiger charge is -2.18. The number of carbonyl (C=O) groups excluding carboxylic acids is 2. The molecular weight excluding hydrogens is 306 g/mol. The van der Waals surface area contributed by atoms with Gasteiger partial charge in [-0.2, -0.15) is 0 Å². The Bertz CT molecular complexity index is 386. The quantitative estimate of drug-likeness (QED) is 0.213. The Hall–Kier alpha value is -0.800. The van der Waals surface area contributed by atoms with Gasteiger partial charge in [0.2, 0.25) is 0 Å². The fourth-order valence-corrected chi connectivity index (χ4v) is 3.09. The molecule has 0 bridgehead atoms. The van der Waals surface area contributed by atoms with Crippen LogP contribution in [0, 0.1) is 11.8 Å². The summed E-state index contributed by atoms with van der Waals surface area (Å²) in [5, 5.41) is 0. The lowest BCUT2D eigenvalue weighted by atomic mass is 9.92.